The Labute approximate surface area is 131 Å². The Morgan fingerprint density at radius 2 is 2.13 bits per heavy atom. The van der Waals surface area contributed by atoms with Gasteiger partial charge in [-0.2, -0.15) is 13.2 Å². The highest BCUT2D eigenvalue weighted by molar-refractivity contribution is 5.94. The molecule has 1 aliphatic rings. The van der Waals surface area contributed by atoms with Gasteiger partial charge in [0, 0.05) is 18.5 Å². The van der Waals surface area contributed by atoms with E-state index in [9.17, 15) is 27.9 Å². The number of amides is 1. The maximum atomic E-state index is 12.6. The number of aliphatic hydroxyl groups is 1. The minimum absolute atomic E-state index is 0.0728. The van der Waals surface area contributed by atoms with Crippen molar-refractivity contribution in [3.63, 3.8) is 0 Å². The second-order valence-corrected chi connectivity index (χ2v) is 5.95. The molecule has 1 fully saturated rings. The van der Waals surface area contributed by atoms with Crippen molar-refractivity contribution in [1.82, 2.24) is 9.88 Å². The number of hydrogen-bond acceptors (Lipinski definition) is 3. The molecule has 0 aliphatic carbocycles. The second-order valence-electron chi connectivity index (χ2n) is 5.95. The Balaban J connectivity index is 2.25. The van der Waals surface area contributed by atoms with Crippen LogP contribution in [0.1, 0.15) is 42.2 Å². The Morgan fingerprint density at radius 3 is 2.65 bits per heavy atom. The van der Waals surface area contributed by atoms with Crippen molar-refractivity contribution < 1.29 is 23.1 Å². The fraction of sp³-hybridized carbons (Fsp3) is 0.600. The van der Waals surface area contributed by atoms with Crippen LogP contribution in [0.2, 0.25) is 0 Å². The zero-order valence-corrected chi connectivity index (χ0v) is 12.7. The zero-order valence-electron chi connectivity index (χ0n) is 12.7. The van der Waals surface area contributed by atoms with E-state index in [0.29, 0.717) is 32.0 Å². The first kappa shape index (κ1) is 17.5. The number of aromatic nitrogens is 1. The molecule has 0 aromatic carbocycles. The first-order chi connectivity index (χ1) is 10.7. The van der Waals surface area contributed by atoms with Crippen LogP contribution in [0.3, 0.4) is 0 Å². The molecule has 2 N–H and O–H groups in total. The molecule has 23 heavy (non-hydrogen) atoms. The summed E-state index contributed by atoms with van der Waals surface area (Å²) in [5.74, 6) is -0.606. The number of nitrogens with zero attached hydrogens (tertiary/aromatic N) is 1. The van der Waals surface area contributed by atoms with Gasteiger partial charge in [0.25, 0.3) is 11.5 Å². The highest BCUT2D eigenvalue weighted by atomic mass is 19.4. The maximum absolute atomic E-state index is 12.6. The van der Waals surface area contributed by atoms with Crippen LogP contribution < -0.4 is 5.56 Å². The molecule has 1 saturated heterocycles. The van der Waals surface area contributed by atoms with E-state index in [0.717, 1.165) is 12.5 Å². The van der Waals surface area contributed by atoms with Crippen LogP contribution in [0.4, 0.5) is 13.2 Å². The molecule has 1 aliphatic heterocycles. The van der Waals surface area contributed by atoms with Gasteiger partial charge in [-0.05, 0) is 31.4 Å². The molecule has 5 nitrogen and oxygen atoms in total. The summed E-state index contributed by atoms with van der Waals surface area (Å²) >= 11 is 0. The van der Waals surface area contributed by atoms with E-state index < -0.39 is 28.8 Å². The van der Waals surface area contributed by atoms with E-state index in [4.69, 9.17) is 0 Å². The second kappa shape index (κ2) is 6.35. The number of aromatic amines is 1. The van der Waals surface area contributed by atoms with Crippen LogP contribution in [0.25, 0.3) is 0 Å². The molecule has 0 radical (unpaired) electrons. The lowest BCUT2D eigenvalue weighted by Crippen LogP contribution is -2.48. The number of nitrogens with one attached hydrogen (secondary N) is 1. The number of piperidine rings is 1. The van der Waals surface area contributed by atoms with Gasteiger partial charge < -0.3 is 15.0 Å². The molecular formula is C15H19F3N2O3. The van der Waals surface area contributed by atoms with Gasteiger partial charge in [0.1, 0.15) is 11.3 Å². The topological polar surface area (TPSA) is 73.4 Å². The SMILES string of the molecule is CC[C@]1(CO)CCCN(C(=O)c2ccc(C(F)(F)F)[nH]c2=O)C1. The number of alkyl halides is 3. The van der Waals surface area contributed by atoms with Gasteiger partial charge in [-0.25, -0.2) is 0 Å². The summed E-state index contributed by atoms with van der Waals surface area (Å²) in [5, 5.41) is 9.56. The standard InChI is InChI=1S/C15H19F3N2O3/c1-2-14(9-21)6-3-7-20(8-14)13(23)10-4-5-11(15(16,17)18)19-12(10)22/h4-5,21H,2-3,6-9H2,1H3,(H,19,22)/t14-/m0/s1. The molecule has 1 amide bonds. The summed E-state index contributed by atoms with van der Waals surface area (Å²) in [6.45, 7) is 2.55. The van der Waals surface area contributed by atoms with Gasteiger partial charge in [0.05, 0.1) is 6.61 Å². The smallest absolute Gasteiger partial charge is 0.396 e. The number of halogens is 3. The third-order valence-electron chi connectivity index (χ3n) is 4.48. The summed E-state index contributed by atoms with van der Waals surface area (Å²) in [6, 6.07) is 1.60. The number of carbonyl (C=O) groups excluding carboxylic acids is 1. The summed E-state index contributed by atoms with van der Waals surface area (Å²) in [6.07, 6.45) is -2.54. The van der Waals surface area contributed by atoms with Crippen LogP contribution in [0.15, 0.2) is 16.9 Å². The summed E-state index contributed by atoms with van der Waals surface area (Å²) in [4.78, 5) is 27.4. The Bertz CT molecular complexity index is 636. The first-order valence-corrected chi connectivity index (χ1v) is 7.43. The van der Waals surface area contributed by atoms with Gasteiger partial charge in [0.15, 0.2) is 0 Å². The molecule has 0 saturated carbocycles. The van der Waals surface area contributed by atoms with E-state index in [1.54, 1.807) is 4.98 Å². The maximum Gasteiger partial charge on any atom is 0.431 e. The van der Waals surface area contributed by atoms with Crippen LogP contribution in [0.5, 0.6) is 0 Å². The van der Waals surface area contributed by atoms with Crippen molar-refractivity contribution in [2.75, 3.05) is 19.7 Å². The Kier molecular flexibility index (Phi) is 4.84. The van der Waals surface area contributed by atoms with Crippen LogP contribution in [0, 0.1) is 5.41 Å². The van der Waals surface area contributed by atoms with Crippen molar-refractivity contribution in [2.24, 2.45) is 5.41 Å². The zero-order chi connectivity index (χ0) is 17.3. The lowest BCUT2D eigenvalue weighted by Gasteiger charge is -2.41. The molecule has 1 atom stereocenters. The number of rotatable bonds is 3. The van der Waals surface area contributed by atoms with Gasteiger partial charge in [-0.3, -0.25) is 9.59 Å². The van der Waals surface area contributed by atoms with Crippen LogP contribution in [-0.4, -0.2) is 40.6 Å². The number of likely N-dealkylation sites (tertiary alicyclic amines) is 1. The third-order valence-corrected chi connectivity index (χ3v) is 4.48. The lowest BCUT2D eigenvalue weighted by atomic mass is 9.78. The van der Waals surface area contributed by atoms with Crippen LogP contribution >= 0.6 is 0 Å². The van der Waals surface area contributed by atoms with E-state index in [1.165, 1.54) is 4.90 Å². The third kappa shape index (κ3) is 3.57. The van der Waals surface area contributed by atoms with Crippen molar-refractivity contribution in [3.8, 4) is 0 Å². The minimum atomic E-state index is -4.67. The molecule has 1 aromatic rings. The van der Waals surface area contributed by atoms with E-state index in [1.807, 2.05) is 6.92 Å². The average molecular weight is 332 g/mol. The highest BCUT2D eigenvalue weighted by Gasteiger charge is 2.37. The first-order valence-electron chi connectivity index (χ1n) is 7.43. The minimum Gasteiger partial charge on any atom is -0.396 e. The van der Waals surface area contributed by atoms with Gasteiger partial charge >= 0.3 is 6.18 Å². The van der Waals surface area contributed by atoms with E-state index in [-0.39, 0.29) is 12.2 Å². The van der Waals surface area contributed by atoms with Crippen molar-refractivity contribution >= 4 is 5.91 Å². The Hall–Kier alpha value is -1.83. The van der Waals surface area contributed by atoms with Crippen molar-refractivity contribution in [2.45, 2.75) is 32.4 Å². The Morgan fingerprint density at radius 1 is 1.43 bits per heavy atom. The fourth-order valence-electron chi connectivity index (χ4n) is 2.89. The number of H-pyrrole nitrogens is 1. The summed E-state index contributed by atoms with van der Waals surface area (Å²) in [7, 11) is 0. The van der Waals surface area contributed by atoms with Crippen LogP contribution in [-0.2, 0) is 6.18 Å². The molecule has 1 aromatic heterocycles. The van der Waals surface area contributed by atoms with Gasteiger partial charge in [-0.15, -0.1) is 0 Å². The molecule has 0 unspecified atom stereocenters. The predicted molar refractivity (Wildman–Crippen MR) is 77.0 cm³/mol. The average Bonchev–Trinajstić information content (AvgIpc) is 2.53. The molecule has 2 heterocycles. The van der Waals surface area contributed by atoms with E-state index in [2.05, 4.69) is 0 Å². The molecule has 8 heteroatoms. The van der Waals surface area contributed by atoms with E-state index >= 15 is 0 Å². The number of pyridine rings is 1. The van der Waals surface area contributed by atoms with Gasteiger partial charge in [-0.1, -0.05) is 6.92 Å². The quantitative estimate of drug-likeness (QED) is 0.889. The molecule has 0 bridgehead atoms. The fourth-order valence-corrected chi connectivity index (χ4v) is 2.89. The normalized spacial score (nSPS) is 22.2. The molecule has 0 spiro atoms. The van der Waals surface area contributed by atoms with Gasteiger partial charge in [0.2, 0.25) is 0 Å². The monoisotopic (exact) mass is 332 g/mol. The number of aliphatic hydroxyl groups excluding tert-OH is 1. The summed E-state index contributed by atoms with van der Waals surface area (Å²) < 4.78 is 37.7. The highest BCUT2D eigenvalue weighted by Crippen LogP contribution is 2.33. The largest absolute Gasteiger partial charge is 0.431 e. The number of carbonyl (C=O) groups is 1. The molecule has 128 valence electrons. The predicted octanol–water partition coefficient (Wildman–Crippen LogP) is 2.02. The molecule has 2 rings (SSSR count). The van der Waals surface area contributed by atoms with Crippen molar-refractivity contribution in [1.29, 1.82) is 0 Å². The molecular weight excluding hydrogens is 313 g/mol. The van der Waals surface area contributed by atoms with Crippen molar-refractivity contribution in [3.05, 3.63) is 33.7 Å². The lowest BCUT2D eigenvalue weighted by molar-refractivity contribution is -0.141. The summed E-state index contributed by atoms with van der Waals surface area (Å²) in [5.41, 5.74) is -2.97. The number of hydrogen-bond donors (Lipinski definition) is 2.